The molecule has 0 aromatic heterocycles. The van der Waals surface area contributed by atoms with Crippen molar-refractivity contribution in [2.45, 2.75) is 26.2 Å². The number of likely N-dealkylation sites (N-methyl/N-ethyl adjacent to an activating group) is 1. The Morgan fingerprint density at radius 1 is 1.05 bits per heavy atom. The summed E-state index contributed by atoms with van der Waals surface area (Å²) in [5, 5.41) is 0. The molecule has 0 aliphatic carbocycles. The molecule has 0 unspecified atom stereocenters. The highest BCUT2D eigenvalue weighted by molar-refractivity contribution is 5.44. The van der Waals surface area contributed by atoms with Crippen molar-refractivity contribution in [1.82, 2.24) is 9.80 Å². The van der Waals surface area contributed by atoms with Gasteiger partial charge in [0.25, 0.3) is 0 Å². The summed E-state index contributed by atoms with van der Waals surface area (Å²) < 4.78 is 11.4. The Bertz CT molecular complexity index is 474. The summed E-state index contributed by atoms with van der Waals surface area (Å²) in [6.07, 6.45) is 0. The Balaban J connectivity index is 1.93. The van der Waals surface area contributed by atoms with E-state index in [-0.39, 0.29) is 5.41 Å². The number of hydrogen-bond donors (Lipinski definition) is 0. The summed E-state index contributed by atoms with van der Waals surface area (Å²) in [6.45, 7) is 12.8. The molecule has 0 amide bonds. The summed E-state index contributed by atoms with van der Waals surface area (Å²) in [5.41, 5.74) is 1.38. The Hall–Kier alpha value is -1.26. The Labute approximate surface area is 135 Å². The Morgan fingerprint density at radius 3 is 2.32 bits per heavy atom. The monoisotopic (exact) mass is 306 g/mol. The molecule has 1 aromatic carbocycles. The van der Waals surface area contributed by atoms with Gasteiger partial charge in [0.05, 0.1) is 7.11 Å². The lowest BCUT2D eigenvalue weighted by Gasteiger charge is -2.32. The summed E-state index contributed by atoms with van der Waals surface area (Å²) in [6, 6.07) is 6.24. The van der Waals surface area contributed by atoms with E-state index in [0.29, 0.717) is 6.61 Å². The maximum Gasteiger partial charge on any atom is 0.161 e. The lowest BCUT2D eigenvalue weighted by molar-refractivity contribution is 0.132. The second-order valence-electron chi connectivity index (χ2n) is 7.11. The highest BCUT2D eigenvalue weighted by Crippen LogP contribution is 2.33. The van der Waals surface area contributed by atoms with Gasteiger partial charge >= 0.3 is 0 Å². The van der Waals surface area contributed by atoms with Gasteiger partial charge in [0.1, 0.15) is 6.61 Å². The lowest BCUT2D eigenvalue weighted by atomic mass is 9.87. The standard InChI is InChI=1S/C18H30N2O2/c1-18(2,3)15-6-7-16(21-5)17(14-15)22-13-12-20-10-8-19(4)9-11-20/h6-7,14H,8-13H2,1-5H3. The molecule has 0 atom stereocenters. The van der Waals surface area contributed by atoms with Crippen molar-refractivity contribution in [3.8, 4) is 11.5 Å². The van der Waals surface area contributed by atoms with Crippen molar-refractivity contribution in [3.05, 3.63) is 23.8 Å². The number of hydrogen-bond acceptors (Lipinski definition) is 4. The number of nitrogens with zero attached hydrogens (tertiary/aromatic N) is 2. The third kappa shape index (κ3) is 4.62. The zero-order chi connectivity index (χ0) is 16.2. The quantitative estimate of drug-likeness (QED) is 0.835. The number of benzene rings is 1. The molecule has 1 aromatic rings. The van der Waals surface area contributed by atoms with Crippen molar-refractivity contribution in [3.63, 3.8) is 0 Å². The molecular formula is C18H30N2O2. The maximum absolute atomic E-state index is 6.01. The van der Waals surface area contributed by atoms with Crippen LogP contribution in [0.15, 0.2) is 18.2 Å². The molecule has 1 fully saturated rings. The third-order valence-electron chi connectivity index (χ3n) is 4.29. The molecular weight excluding hydrogens is 276 g/mol. The van der Waals surface area contributed by atoms with Crippen molar-refractivity contribution >= 4 is 0 Å². The van der Waals surface area contributed by atoms with Crippen LogP contribution in [0.4, 0.5) is 0 Å². The van der Waals surface area contributed by atoms with E-state index >= 15 is 0 Å². The summed E-state index contributed by atoms with van der Waals surface area (Å²) in [5.74, 6) is 1.66. The van der Waals surface area contributed by atoms with Crippen LogP contribution in [0.1, 0.15) is 26.3 Å². The largest absolute Gasteiger partial charge is 0.493 e. The van der Waals surface area contributed by atoms with Gasteiger partial charge in [-0.15, -0.1) is 0 Å². The summed E-state index contributed by atoms with van der Waals surface area (Å²) >= 11 is 0. The smallest absolute Gasteiger partial charge is 0.161 e. The van der Waals surface area contributed by atoms with Crippen molar-refractivity contribution in [2.24, 2.45) is 0 Å². The van der Waals surface area contributed by atoms with Crippen molar-refractivity contribution < 1.29 is 9.47 Å². The van der Waals surface area contributed by atoms with E-state index in [1.165, 1.54) is 5.56 Å². The van der Waals surface area contributed by atoms with Gasteiger partial charge in [-0.25, -0.2) is 0 Å². The van der Waals surface area contributed by atoms with Crippen LogP contribution in [0, 0.1) is 0 Å². The first-order chi connectivity index (χ1) is 10.4. The second kappa shape index (κ2) is 7.34. The van der Waals surface area contributed by atoms with Crippen LogP contribution >= 0.6 is 0 Å². The van der Waals surface area contributed by atoms with E-state index in [4.69, 9.17) is 9.47 Å². The number of rotatable bonds is 5. The molecule has 0 saturated carbocycles. The maximum atomic E-state index is 6.01. The van der Waals surface area contributed by atoms with Crippen LogP contribution in [-0.2, 0) is 5.41 Å². The molecule has 0 N–H and O–H groups in total. The number of piperazine rings is 1. The first-order valence-electron chi connectivity index (χ1n) is 8.12. The zero-order valence-corrected chi connectivity index (χ0v) is 14.7. The molecule has 1 aliphatic heterocycles. The Morgan fingerprint density at radius 2 is 1.73 bits per heavy atom. The third-order valence-corrected chi connectivity index (χ3v) is 4.29. The molecule has 4 heteroatoms. The summed E-state index contributed by atoms with van der Waals surface area (Å²) in [4.78, 5) is 4.83. The predicted molar refractivity (Wildman–Crippen MR) is 91.1 cm³/mol. The van der Waals surface area contributed by atoms with E-state index in [2.05, 4.69) is 49.8 Å². The van der Waals surface area contributed by atoms with Crippen LogP contribution in [0.25, 0.3) is 0 Å². The second-order valence-corrected chi connectivity index (χ2v) is 7.11. The van der Waals surface area contributed by atoms with E-state index in [1.807, 2.05) is 6.07 Å². The van der Waals surface area contributed by atoms with Gasteiger partial charge in [-0.05, 0) is 30.2 Å². The fourth-order valence-corrected chi connectivity index (χ4v) is 2.61. The molecule has 0 spiro atoms. The van der Waals surface area contributed by atoms with Crippen LogP contribution < -0.4 is 9.47 Å². The normalized spacial score (nSPS) is 17.5. The fraction of sp³-hybridized carbons (Fsp3) is 0.667. The first-order valence-corrected chi connectivity index (χ1v) is 8.12. The van der Waals surface area contributed by atoms with Crippen LogP contribution in [0.5, 0.6) is 11.5 Å². The SMILES string of the molecule is COc1ccc(C(C)(C)C)cc1OCCN1CCN(C)CC1. The molecule has 1 aliphatic rings. The number of ether oxygens (including phenoxy) is 2. The van der Waals surface area contributed by atoms with E-state index in [0.717, 1.165) is 44.2 Å². The summed E-state index contributed by atoms with van der Waals surface area (Å²) in [7, 11) is 3.87. The highest BCUT2D eigenvalue weighted by Gasteiger charge is 2.17. The molecule has 1 saturated heterocycles. The topological polar surface area (TPSA) is 24.9 Å². The zero-order valence-electron chi connectivity index (χ0n) is 14.7. The van der Waals surface area contributed by atoms with Crippen molar-refractivity contribution in [1.29, 1.82) is 0 Å². The van der Waals surface area contributed by atoms with Crippen LogP contribution in [0.2, 0.25) is 0 Å². The van der Waals surface area contributed by atoms with Crippen LogP contribution in [0.3, 0.4) is 0 Å². The van der Waals surface area contributed by atoms with Gasteiger partial charge in [0.15, 0.2) is 11.5 Å². The minimum absolute atomic E-state index is 0.113. The van der Waals surface area contributed by atoms with Gasteiger partial charge in [-0.1, -0.05) is 26.8 Å². The fourth-order valence-electron chi connectivity index (χ4n) is 2.61. The van der Waals surface area contributed by atoms with Gasteiger partial charge in [0, 0.05) is 32.7 Å². The molecule has 0 bridgehead atoms. The van der Waals surface area contributed by atoms with Gasteiger partial charge in [0.2, 0.25) is 0 Å². The minimum atomic E-state index is 0.113. The lowest BCUT2D eigenvalue weighted by Crippen LogP contribution is -2.45. The van der Waals surface area contributed by atoms with Gasteiger partial charge < -0.3 is 14.4 Å². The molecule has 22 heavy (non-hydrogen) atoms. The average Bonchev–Trinajstić information content (AvgIpc) is 2.48. The predicted octanol–water partition coefficient (Wildman–Crippen LogP) is 2.62. The average molecular weight is 306 g/mol. The van der Waals surface area contributed by atoms with E-state index < -0.39 is 0 Å². The van der Waals surface area contributed by atoms with Gasteiger partial charge in [-0.3, -0.25) is 4.90 Å². The van der Waals surface area contributed by atoms with E-state index in [9.17, 15) is 0 Å². The highest BCUT2D eigenvalue weighted by atomic mass is 16.5. The molecule has 0 radical (unpaired) electrons. The molecule has 1 heterocycles. The molecule has 4 nitrogen and oxygen atoms in total. The van der Waals surface area contributed by atoms with Gasteiger partial charge in [-0.2, -0.15) is 0 Å². The van der Waals surface area contributed by atoms with Crippen molar-refractivity contribution in [2.75, 3.05) is 53.5 Å². The first kappa shape index (κ1) is 17.1. The number of methoxy groups -OCH3 is 1. The molecule has 124 valence electrons. The molecule has 2 rings (SSSR count). The van der Waals surface area contributed by atoms with E-state index in [1.54, 1.807) is 7.11 Å². The Kier molecular flexibility index (Phi) is 5.70. The van der Waals surface area contributed by atoms with Crippen LogP contribution in [-0.4, -0.2) is 63.3 Å². The minimum Gasteiger partial charge on any atom is -0.493 e.